The van der Waals surface area contributed by atoms with E-state index in [0.29, 0.717) is 0 Å². The third kappa shape index (κ3) is 3.49. The summed E-state index contributed by atoms with van der Waals surface area (Å²) in [5.41, 5.74) is -0.978. The zero-order chi connectivity index (χ0) is 13.1. The minimum absolute atomic E-state index is 0.0802. The predicted octanol–water partition coefficient (Wildman–Crippen LogP) is 3.02. The van der Waals surface area contributed by atoms with Gasteiger partial charge in [0.25, 0.3) is 0 Å². The van der Waals surface area contributed by atoms with Crippen LogP contribution in [0.25, 0.3) is 5.57 Å². The molecule has 0 fully saturated rings. The molecule has 1 aromatic carbocycles. The van der Waals surface area contributed by atoms with Gasteiger partial charge >= 0.3 is 6.18 Å². The van der Waals surface area contributed by atoms with Crippen LogP contribution >= 0.6 is 0 Å². The van der Waals surface area contributed by atoms with E-state index in [1.807, 2.05) is 0 Å². The molecule has 17 heavy (non-hydrogen) atoms. The molecule has 0 heterocycles. The van der Waals surface area contributed by atoms with Crippen LogP contribution in [0.2, 0.25) is 0 Å². The van der Waals surface area contributed by atoms with Crippen LogP contribution in [0.3, 0.4) is 0 Å². The van der Waals surface area contributed by atoms with Gasteiger partial charge < -0.3 is 9.84 Å². The highest BCUT2D eigenvalue weighted by Crippen LogP contribution is 2.38. The summed E-state index contributed by atoms with van der Waals surface area (Å²) in [4.78, 5) is 0. The zero-order valence-corrected chi connectivity index (χ0v) is 9.45. The molecule has 0 saturated carbocycles. The molecule has 0 aromatic heterocycles. The topological polar surface area (TPSA) is 29.5 Å². The van der Waals surface area contributed by atoms with E-state index in [0.717, 1.165) is 6.08 Å². The van der Waals surface area contributed by atoms with Crippen molar-refractivity contribution in [2.45, 2.75) is 19.2 Å². The summed E-state index contributed by atoms with van der Waals surface area (Å²) in [6.45, 7) is 1.27. The molecule has 5 heteroatoms. The normalized spacial score (nSPS) is 14.6. The summed E-state index contributed by atoms with van der Waals surface area (Å²) in [5, 5.41) is 9.09. The molecule has 0 unspecified atom stereocenters. The molecule has 0 aliphatic heterocycles. The van der Waals surface area contributed by atoms with Gasteiger partial charge in [-0.1, -0.05) is 18.2 Å². The van der Waals surface area contributed by atoms with Crippen molar-refractivity contribution in [3.05, 3.63) is 35.9 Å². The van der Waals surface area contributed by atoms with Gasteiger partial charge in [-0.2, -0.15) is 13.2 Å². The van der Waals surface area contributed by atoms with Gasteiger partial charge in [0.1, 0.15) is 5.75 Å². The van der Waals surface area contributed by atoms with E-state index >= 15 is 0 Å². The fraction of sp³-hybridized carbons (Fsp3) is 0.333. The lowest BCUT2D eigenvalue weighted by atomic mass is 10.0. The number of methoxy groups -OCH3 is 1. The minimum atomic E-state index is -4.54. The Labute approximate surface area is 97.3 Å². The van der Waals surface area contributed by atoms with Crippen LogP contribution in [0.15, 0.2) is 30.3 Å². The van der Waals surface area contributed by atoms with Crippen molar-refractivity contribution in [3.63, 3.8) is 0 Å². The predicted molar refractivity (Wildman–Crippen MR) is 58.7 cm³/mol. The van der Waals surface area contributed by atoms with Crippen molar-refractivity contribution in [2.24, 2.45) is 0 Å². The van der Waals surface area contributed by atoms with Crippen LogP contribution in [0, 0.1) is 0 Å². The number of benzene rings is 1. The monoisotopic (exact) mass is 246 g/mol. The van der Waals surface area contributed by atoms with E-state index < -0.39 is 17.9 Å². The Bertz CT molecular complexity index is 408. The second kappa shape index (κ2) is 5.23. The number of hydrogen-bond acceptors (Lipinski definition) is 2. The van der Waals surface area contributed by atoms with Crippen molar-refractivity contribution >= 4 is 5.57 Å². The maximum Gasteiger partial charge on any atom is 0.416 e. The summed E-state index contributed by atoms with van der Waals surface area (Å²) in [6.07, 6.45) is -4.96. The van der Waals surface area contributed by atoms with Gasteiger partial charge in [0.2, 0.25) is 0 Å². The van der Waals surface area contributed by atoms with Crippen molar-refractivity contribution < 1.29 is 23.0 Å². The quantitative estimate of drug-likeness (QED) is 0.888. The highest BCUT2D eigenvalue weighted by Gasteiger charge is 2.36. The third-order valence-corrected chi connectivity index (χ3v) is 2.11. The van der Waals surface area contributed by atoms with E-state index in [2.05, 4.69) is 0 Å². The Hall–Kier alpha value is -1.49. The van der Waals surface area contributed by atoms with E-state index in [4.69, 9.17) is 9.84 Å². The van der Waals surface area contributed by atoms with Gasteiger partial charge in [-0.15, -0.1) is 0 Å². The van der Waals surface area contributed by atoms with Crippen LogP contribution in [0.4, 0.5) is 13.2 Å². The molecule has 94 valence electrons. The molecule has 1 atom stereocenters. The summed E-state index contributed by atoms with van der Waals surface area (Å²) < 4.78 is 43.4. The van der Waals surface area contributed by atoms with Crippen molar-refractivity contribution in [1.29, 1.82) is 0 Å². The molecular weight excluding hydrogens is 233 g/mol. The Morgan fingerprint density at radius 2 is 1.94 bits per heavy atom. The fourth-order valence-electron chi connectivity index (χ4n) is 1.45. The van der Waals surface area contributed by atoms with E-state index in [1.165, 1.54) is 32.2 Å². The lowest BCUT2D eigenvalue weighted by Gasteiger charge is -2.15. The molecule has 0 saturated heterocycles. The number of aliphatic hydroxyl groups excluding tert-OH is 1. The molecule has 0 bridgehead atoms. The Morgan fingerprint density at radius 1 is 1.35 bits per heavy atom. The minimum Gasteiger partial charge on any atom is -0.496 e. The van der Waals surface area contributed by atoms with Gasteiger partial charge in [-0.05, 0) is 19.1 Å². The van der Waals surface area contributed by atoms with E-state index in [1.54, 1.807) is 6.07 Å². The standard InChI is InChI=1S/C12H13F3O2/c1-8(16)7-10(12(13,14)15)9-5-3-4-6-11(9)17-2/h3-8,16H,1-2H3/b10-7+/t8-/m0/s1. The largest absolute Gasteiger partial charge is 0.496 e. The smallest absolute Gasteiger partial charge is 0.416 e. The first-order chi connectivity index (χ1) is 7.86. The second-order valence-electron chi connectivity index (χ2n) is 3.52. The van der Waals surface area contributed by atoms with Crippen LogP contribution in [0.5, 0.6) is 5.75 Å². The third-order valence-electron chi connectivity index (χ3n) is 2.11. The maximum absolute atomic E-state index is 12.8. The Morgan fingerprint density at radius 3 is 2.41 bits per heavy atom. The van der Waals surface area contributed by atoms with Gasteiger partial charge in [-0.3, -0.25) is 0 Å². The first-order valence-corrected chi connectivity index (χ1v) is 4.96. The first kappa shape index (κ1) is 13.6. The van der Waals surface area contributed by atoms with Crippen molar-refractivity contribution in [2.75, 3.05) is 7.11 Å². The van der Waals surface area contributed by atoms with Crippen LogP contribution < -0.4 is 4.74 Å². The SMILES string of the molecule is COc1ccccc1/C(=C\[C@H](C)O)C(F)(F)F. The summed E-state index contributed by atoms with van der Waals surface area (Å²) >= 11 is 0. The average Bonchev–Trinajstić information content (AvgIpc) is 2.24. The van der Waals surface area contributed by atoms with E-state index in [9.17, 15) is 13.2 Å². The number of aliphatic hydroxyl groups is 1. The molecule has 2 nitrogen and oxygen atoms in total. The number of allylic oxidation sites excluding steroid dienone is 1. The first-order valence-electron chi connectivity index (χ1n) is 4.96. The highest BCUT2D eigenvalue weighted by atomic mass is 19.4. The molecular formula is C12H13F3O2. The van der Waals surface area contributed by atoms with Crippen LogP contribution in [-0.2, 0) is 0 Å². The molecule has 1 aromatic rings. The average molecular weight is 246 g/mol. The molecule has 0 amide bonds. The highest BCUT2D eigenvalue weighted by molar-refractivity contribution is 5.74. The Balaban J connectivity index is 3.33. The van der Waals surface area contributed by atoms with E-state index in [-0.39, 0.29) is 11.3 Å². The van der Waals surface area contributed by atoms with Gasteiger partial charge in [0, 0.05) is 5.56 Å². The fourth-order valence-corrected chi connectivity index (χ4v) is 1.45. The number of halogens is 3. The number of ether oxygens (including phenoxy) is 1. The summed E-state index contributed by atoms with van der Waals surface area (Å²) in [5.74, 6) is 0.122. The number of para-hydroxylation sites is 1. The molecule has 1 N–H and O–H groups in total. The van der Waals surface area contributed by atoms with Crippen molar-refractivity contribution in [3.8, 4) is 5.75 Å². The van der Waals surface area contributed by atoms with Crippen LogP contribution in [0.1, 0.15) is 12.5 Å². The lowest BCUT2D eigenvalue weighted by molar-refractivity contribution is -0.0695. The Kier molecular flexibility index (Phi) is 4.17. The van der Waals surface area contributed by atoms with Gasteiger partial charge in [0.15, 0.2) is 0 Å². The molecule has 0 aliphatic carbocycles. The van der Waals surface area contributed by atoms with Gasteiger partial charge in [-0.25, -0.2) is 0 Å². The number of alkyl halides is 3. The molecule has 1 rings (SSSR count). The summed E-state index contributed by atoms with van der Waals surface area (Å²) in [6, 6.07) is 5.82. The second-order valence-corrected chi connectivity index (χ2v) is 3.52. The summed E-state index contributed by atoms with van der Waals surface area (Å²) in [7, 11) is 1.30. The molecule has 0 spiro atoms. The van der Waals surface area contributed by atoms with Gasteiger partial charge in [0.05, 0.1) is 18.8 Å². The maximum atomic E-state index is 12.8. The molecule has 0 radical (unpaired) electrons. The molecule has 0 aliphatic rings. The van der Waals surface area contributed by atoms with Crippen LogP contribution in [-0.4, -0.2) is 24.5 Å². The number of rotatable bonds is 3. The zero-order valence-electron chi connectivity index (χ0n) is 9.45. The van der Waals surface area contributed by atoms with Crippen molar-refractivity contribution in [1.82, 2.24) is 0 Å². The lowest BCUT2D eigenvalue weighted by Crippen LogP contribution is -2.14. The number of hydrogen-bond donors (Lipinski definition) is 1.